The molecule has 148 valence electrons. The molecule has 3 heteroatoms. The Morgan fingerprint density at radius 2 is 1.03 bits per heavy atom. The van der Waals surface area contributed by atoms with Gasteiger partial charge in [0.05, 0.1) is 0 Å². The third kappa shape index (κ3) is 3.06. The van der Waals surface area contributed by atoms with Crippen LogP contribution >= 0.6 is 11.6 Å². The van der Waals surface area contributed by atoms with Crippen LogP contribution in [-0.4, -0.2) is 10.2 Å². The number of phenolic OH excluding ortho intramolecular Hbond substituents is 2. The van der Waals surface area contributed by atoms with Gasteiger partial charge in [-0.2, -0.15) is 0 Å². The molecule has 30 heavy (non-hydrogen) atoms. The second kappa shape index (κ2) is 7.40. The van der Waals surface area contributed by atoms with Crippen LogP contribution < -0.4 is 0 Å². The minimum Gasteiger partial charge on any atom is -0.508 e. The van der Waals surface area contributed by atoms with E-state index in [1.165, 1.54) is 0 Å². The third-order valence-corrected chi connectivity index (χ3v) is 5.93. The lowest BCUT2D eigenvalue weighted by Gasteiger charge is -2.24. The van der Waals surface area contributed by atoms with Gasteiger partial charge >= 0.3 is 0 Å². The summed E-state index contributed by atoms with van der Waals surface area (Å²) in [5, 5.41) is 26.6. The summed E-state index contributed by atoms with van der Waals surface area (Å²) in [5.41, 5.74) is 2.47. The fourth-order valence-corrected chi connectivity index (χ4v) is 4.43. The van der Waals surface area contributed by atoms with Crippen LogP contribution in [0.25, 0.3) is 21.5 Å². The molecular weight excluding hydrogens is 392 g/mol. The van der Waals surface area contributed by atoms with Crippen LogP contribution in [0.5, 0.6) is 11.5 Å². The van der Waals surface area contributed by atoms with E-state index in [1.807, 2.05) is 84.9 Å². The van der Waals surface area contributed by atoms with Crippen molar-refractivity contribution in [3.63, 3.8) is 0 Å². The molecule has 0 radical (unpaired) electrons. The van der Waals surface area contributed by atoms with Gasteiger partial charge in [-0.25, -0.2) is 0 Å². The van der Waals surface area contributed by atoms with Crippen LogP contribution in [-0.2, 0) is 0 Å². The Bertz CT molecular complexity index is 1290. The molecular formula is C27H21ClO2. The average molecular weight is 413 g/mol. The van der Waals surface area contributed by atoms with E-state index in [9.17, 15) is 10.2 Å². The van der Waals surface area contributed by atoms with Gasteiger partial charge in [0.2, 0.25) is 0 Å². The van der Waals surface area contributed by atoms with E-state index in [0.717, 1.165) is 38.2 Å². The first-order valence-electron chi connectivity index (χ1n) is 9.80. The van der Waals surface area contributed by atoms with E-state index in [1.54, 1.807) is 12.1 Å². The fraction of sp³-hybridized carbons (Fsp3) is 0.0370. The topological polar surface area (TPSA) is 40.5 Å². The predicted molar refractivity (Wildman–Crippen MR) is 126 cm³/mol. The Labute approximate surface area is 181 Å². The monoisotopic (exact) mass is 412 g/mol. The van der Waals surface area contributed by atoms with Gasteiger partial charge in [-0.3, -0.25) is 0 Å². The molecule has 0 atom stereocenters. The molecule has 0 fully saturated rings. The number of phenols is 2. The van der Waals surface area contributed by atoms with Crippen LogP contribution in [0.2, 0.25) is 5.02 Å². The second-order valence-corrected chi connectivity index (χ2v) is 7.86. The van der Waals surface area contributed by atoms with Crippen molar-refractivity contribution in [2.75, 3.05) is 0 Å². The Kier molecular flexibility index (Phi) is 4.57. The summed E-state index contributed by atoms with van der Waals surface area (Å²) in [6.07, 6.45) is 0. The van der Waals surface area contributed by atoms with Crippen molar-refractivity contribution in [3.8, 4) is 11.5 Å². The lowest BCUT2D eigenvalue weighted by Crippen LogP contribution is -2.06. The number of hydrogen-bond acceptors (Lipinski definition) is 2. The Hall–Kier alpha value is -3.49. The first kappa shape index (κ1) is 18.5. The van der Waals surface area contributed by atoms with Crippen molar-refractivity contribution in [2.24, 2.45) is 0 Å². The molecule has 0 spiro atoms. The van der Waals surface area contributed by atoms with Crippen LogP contribution in [0.4, 0.5) is 0 Å². The van der Waals surface area contributed by atoms with Gasteiger partial charge in [0.25, 0.3) is 0 Å². The molecule has 0 aliphatic heterocycles. The molecule has 2 N–H and O–H groups in total. The number of benzene rings is 5. The van der Waals surface area contributed by atoms with E-state index < -0.39 is 0 Å². The molecule has 0 aromatic heterocycles. The van der Waals surface area contributed by atoms with E-state index in [0.29, 0.717) is 5.02 Å². The zero-order valence-corrected chi connectivity index (χ0v) is 16.8. The standard InChI is InChI=1S/C27H19ClO2.H2/c28-20-13-9-19(10-14-20)25(26-21-7-3-1-5-17(21)11-15-23(26)29)27-22-8-4-2-6-18(22)12-16-24(27)30;/h1-16,25,29-30H;1H. The smallest absolute Gasteiger partial charge is 0.120 e. The van der Waals surface area contributed by atoms with E-state index in [-0.39, 0.29) is 18.8 Å². The van der Waals surface area contributed by atoms with Crippen LogP contribution in [0.3, 0.4) is 0 Å². The van der Waals surface area contributed by atoms with Gasteiger partial charge in [-0.1, -0.05) is 84.4 Å². The molecule has 0 aliphatic carbocycles. The zero-order chi connectivity index (χ0) is 20.7. The highest BCUT2D eigenvalue weighted by molar-refractivity contribution is 6.30. The lowest BCUT2D eigenvalue weighted by molar-refractivity contribution is 0.460. The van der Waals surface area contributed by atoms with E-state index in [2.05, 4.69) is 0 Å². The minimum absolute atomic E-state index is 0. The third-order valence-electron chi connectivity index (χ3n) is 5.68. The lowest BCUT2D eigenvalue weighted by atomic mass is 9.80. The first-order chi connectivity index (χ1) is 14.6. The molecule has 0 saturated carbocycles. The normalized spacial score (nSPS) is 11.4. The maximum Gasteiger partial charge on any atom is 0.120 e. The van der Waals surface area contributed by atoms with Crippen molar-refractivity contribution in [2.45, 2.75) is 5.92 Å². The number of rotatable bonds is 3. The van der Waals surface area contributed by atoms with Gasteiger partial charge in [-0.05, 0) is 51.4 Å². The molecule has 0 heterocycles. The van der Waals surface area contributed by atoms with Crippen LogP contribution in [0.15, 0.2) is 97.1 Å². The van der Waals surface area contributed by atoms with Gasteiger partial charge in [0.1, 0.15) is 11.5 Å². The highest BCUT2D eigenvalue weighted by Gasteiger charge is 2.26. The fourth-order valence-electron chi connectivity index (χ4n) is 4.31. The average Bonchev–Trinajstić information content (AvgIpc) is 2.77. The number of hydrogen-bond donors (Lipinski definition) is 2. The van der Waals surface area contributed by atoms with Crippen molar-refractivity contribution in [3.05, 3.63) is 119 Å². The summed E-state index contributed by atoms with van der Waals surface area (Å²) in [6, 6.07) is 30.8. The van der Waals surface area contributed by atoms with Gasteiger partial charge in [-0.15, -0.1) is 0 Å². The molecule has 5 aromatic rings. The van der Waals surface area contributed by atoms with Gasteiger partial charge < -0.3 is 10.2 Å². The minimum atomic E-state index is -0.375. The summed E-state index contributed by atoms with van der Waals surface area (Å²) < 4.78 is 0. The van der Waals surface area contributed by atoms with E-state index in [4.69, 9.17) is 11.6 Å². The summed E-state index contributed by atoms with van der Waals surface area (Å²) in [4.78, 5) is 0. The van der Waals surface area contributed by atoms with Crippen LogP contribution in [0.1, 0.15) is 24.0 Å². The maximum atomic E-state index is 11.0. The zero-order valence-electron chi connectivity index (χ0n) is 16.1. The molecule has 5 aromatic carbocycles. The number of aromatic hydroxyl groups is 2. The molecule has 0 aliphatic rings. The number of halogens is 1. The first-order valence-corrected chi connectivity index (χ1v) is 10.2. The molecule has 2 nitrogen and oxygen atoms in total. The largest absolute Gasteiger partial charge is 0.508 e. The van der Waals surface area contributed by atoms with E-state index >= 15 is 0 Å². The maximum absolute atomic E-state index is 11.0. The summed E-state index contributed by atoms with van der Waals surface area (Å²) >= 11 is 6.16. The summed E-state index contributed by atoms with van der Waals surface area (Å²) in [6.45, 7) is 0. The van der Waals surface area contributed by atoms with Crippen molar-refractivity contribution >= 4 is 33.1 Å². The second-order valence-electron chi connectivity index (χ2n) is 7.42. The van der Waals surface area contributed by atoms with Crippen molar-refractivity contribution in [1.29, 1.82) is 0 Å². The summed E-state index contributed by atoms with van der Waals surface area (Å²) in [5.74, 6) is 0.0152. The Morgan fingerprint density at radius 3 is 1.53 bits per heavy atom. The molecule has 0 unspecified atom stereocenters. The van der Waals surface area contributed by atoms with Gasteiger partial charge in [0.15, 0.2) is 0 Å². The Balaban J connectivity index is 0.00000231. The number of fused-ring (bicyclic) bond motifs is 2. The SMILES string of the molecule is Oc1ccc2ccccc2c1C(c1ccc(Cl)cc1)c1c(O)ccc2ccccc12.[HH]. The predicted octanol–water partition coefficient (Wildman–Crippen LogP) is 7.48. The highest BCUT2D eigenvalue weighted by atomic mass is 35.5. The van der Waals surface area contributed by atoms with Gasteiger partial charge in [0, 0.05) is 23.5 Å². The molecule has 0 amide bonds. The van der Waals surface area contributed by atoms with Crippen molar-refractivity contribution < 1.29 is 11.6 Å². The van der Waals surface area contributed by atoms with Crippen molar-refractivity contribution in [1.82, 2.24) is 0 Å². The molecule has 0 saturated heterocycles. The van der Waals surface area contributed by atoms with Crippen LogP contribution in [0, 0.1) is 0 Å². The molecule has 0 bridgehead atoms. The highest BCUT2D eigenvalue weighted by Crippen LogP contribution is 2.46. The molecule has 5 rings (SSSR count). The summed E-state index contributed by atoms with van der Waals surface area (Å²) in [7, 11) is 0. The Morgan fingerprint density at radius 1 is 0.567 bits per heavy atom. The quantitative estimate of drug-likeness (QED) is 0.301.